The average molecular weight is 333 g/mol. The standard InChI is InChI=1S/C19H15N3OS/c1-12-5-3-8-16(20-12)18-21-17(15-9-10-24-19(15)22-18)13-6-4-7-14(11-13)23-2/h3-11H,1-2H3. The van der Waals surface area contributed by atoms with Gasteiger partial charge in [0.15, 0.2) is 5.82 Å². The van der Waals surface area contributed by atoms with Crippen molar-refractivity contribution in [3.8, 4) is 28.5 Å². The Kier molecular flexibility index (Phi) is 3.70. The number of fused-ring (bicyclic) bond motifs is 1. The molecule has 0 spiro atoms. The number of aromatic nitrogens is 3. The molecule has 3 aromatic heterocycles. The molecule has 0 aliphatic heterocycles. The second kappa shape index (κ2) is 6.02. The minimum Gasteiger partial charge on any atom is -0.497 e. The molecule has 4 aromatic rings. The van der Waals surface area contributed by atoms with E-state index < -0.39 is 0 Å². The van der Waals surface area contributed by atoms with Gasteiger partial charge in [-0.1, -0.05) is 18.2 Å². The number of ether oxygens (including phenoxy) is 1. The highest BCUT2D eigenvalue weighted by Gasteiger charge is 2.13. The molecule has 3 heterocycles. The third-order valence-electron chi connectivity index (χ3n) is 3.79. The lowest BCUT2D eigenvalue weighted by atomic mass is 10.1. The van der Waals surface area contributed by atoms with E-state index in [0.717, 1.165) is 38.6 Å². The lowest BCUT2D eigenvalue weighted by molar-refractivity contribution is 0.415. The summed E-state index contributed by atoms with van der Waals surface area (Å²) in [6, 6.07) is 15.9. The molecule has 4 nitrogen and oxygen atoms in total. The van der Waals surface area contributed by atoms with E-state index in [1.54, 1.807) is 18.4 Å². The Hall–Kier alpha value is -2.79. The monoisotopic (exact) mass is 333 g/mol. The highest BCUT2D eigenvalue weighted by atomic mass is 32.1. The summed E-state index contributed by atoms with van der Waals surface area (Å²) in [4.78, 5) is 15.0. The number of methoxy groups -OCH3 is 1. The molecule has 0 saturated carbocycles. The van der Waals surface area contributed by atoms with Crippen LogP contribution in [0, 0.1) is 6.92 Å². The first kappa shape index (κ1) is 14.8. The van der Waals surface area contributed by atoms with Gasteiger partial charge in [-0.25, -0.2) is 15.0 Å². The predicted molar refractivity (Wildman–Crippen MR) is 97.4 cm³/mol. The second-order valence-corrected chi connectivity index (χ2v) is 6.33. The number of thiophene rings is 1. The summed E-state index contributed by atoms with van der Waals surface area (Å²) < 4.78 is 5.35. The fraction of sp³-hybridized carbons (Fsp3) is 0.105. The summed E-state index contributed by atoms with van der Waals surface area (Å²) in [6.07, 6.45) is 0. The topological polar surface area (TPSA) is 47.9 Å². The summed E-state index contributed by atoms with van der Waals surface area (Å²) in [6.45, 7) is 1.97. The van der Waals surface area contributed by atoms with Crippen molar-refractivity contribution in [1.29, 1.82) is 0 Å². The lowest BCUT2D eigenvalue weighted by Crippen LogP contribution is -1.96. The van der Waals surface area contributed by atoms with Crippen molar-refractivity contribution in [3.05, 3.63) is 59.6 Å². The summed E-state index contributed by atoms with van der Waals surface area (Å²) in [5, 5.41) is 3.08. The van der Waals surface area contributed by atoms with Crippen LogP contribution in [0.25, 0.3) is 33.0 Å². The number of hydrogen-bond donors (Lipinski definition) is 0. The van der Waals surface area contributed by atoms with Crippen LogP contribution in [0.4, 0.5) is 0 Å². The van der Waals surface area contributed by atoms with Crippen LogP contribution in [0.1, 0.15) is 5.69 Å². The van der Waals surface area contributed by atoms with Crippen molar-refractivity contribution < 1.29 is 4.74 Å². The van der Waals surface area contributed by atoms with Gasteiger partial charge in [0.25, 0.3) is 0 Å². The fourth-order valence-electron chi connectivity index (χ4n) is 2.63. The van der Waals surface area contributed by atoms with Gasteiger partial charge in [-0.05, 0) is 42.6 Å². The fourth-order valence-corrected chi connectivity index (χ4v) is 3.39. The maximum atomic E-state index is 5.35. The van der Waals surface area contributed by atoms with Crippen LogP contribution in [-0.4, -0.2) is 22.1 Å². The Morgan fingerprint density at radius 1 is 0.958 bits per heavy atom. The van der Waals surface area contributed by atoms with Crippen molar-refractivity contribution in [2.75, 3.05) is 7.11 Å². The molecule has 118 valence electrons. The van der Waals surface area contributed by atoms with Gasteiger partial charge < -0.3 is 4.74 Å². The van der Waals surface area contributed by atoms with Crippen LogP contribution in [0.2, 0.25) is 0 Å². The first-order valence-electron chi connectivity index (χ1n) is 7.58. The smallest absolute Gasteiger partial charge is 0.180 e. The van der Waals surface area contributed by atoms with Crippen LogP contribution in [-0.2, 0) is 0 Å². The lowest BCUT2D eigenvalue weighted by Gasteiger charge is -2.08. The van der Waals surface area contributed by atoms with Gasteiger partial charge in [0, 0.05) is 16.6 Å². The minimum absolute atomic E-state index is 0.645. The van der Waals surface area contributed by atoms with Crippen LogP contribution in [0.15, 0.2) is 53.9 Å². The van der Waals surface area contributed by atoms with E-state index in [0.29, 0.717) is 5.82 Å². The number of rotatable bonds is 3. The van der Waals surface area contributed by atoms with E-state index in [1.807, 2.05) is 54.8 Å². The van der Waals surface area contributed by atoms with Gasteiger partial charge in [-0.2, -0.15) is 0 Å². The molecule has 24 heavy (non-hydrogen) atoms. The second-order valence-electron chi connectivity index (χ2n) is 5.43. The summed E-state index contributed by atoms with van der Waals surface area (Å²) in [5.41, 5.74) is 3.65. The molecule has 0 N–H and O–H groups in total. The normalized spacial score (nSPS) is 10.9. The highest BCUT2D eigenvalue weighted by Crippen LogP contribution is 2.32. The number of hydrogen-bond acceptors (Lipinski definition) is 5. The molecular formula is C19H15N3OS. The predicted octanol–water partition coefficient (Wildman–Crippen LogP) is 4.74. The zero-order valence-electron chi connectivity index (χ0n) is 13.4. The number of pyridine rings is 1. The molecule has 0 amide bonds. The Balaban J connectivity index is 1.95. The third-order valence-corrected chi connectivity index (χ3v) is 4.59. The minimum atomic E-state index is 0.645. The zero-order chi connectivity index (χ0) is 16.5. The molecule has 0 radical (unpaired) electrons. The molecule has 1 aromatic carbocycles. The highest BCUT2D eigenvalue weighted by molar-refractivity contribution is 7.16. The molecular weight excluding hydrogens is 318 g/mol. The van der Waals surface area contributed by atoms with Gasteiger partial charge in [0.05, 0.1) is 12.8 Å². The van der Waals surface area contributed by atoms with E-state index in [9.17, 15) is 0 Å². The van der Waals surface area contributed by atoms with Crippen molar-refractivity contribution in [1.82, 2.24) is 15.0 Å². The Bertz CT molecular complexity index is 1030. The van der Waals surface area contributed by atoms with E-state index >= 15 is 0 Å². The quantitative estimate of drug-likeness (QED) is 0.543. The Morgan fingerprint density at radius 2 is 1.83 bits per heavy atom. The van der Waals surface area contributed by atoms with Crippen molar-refractivity contribution in [2.24, 2.45) is 0 Å². The Labute approximate surface area is 143 Å². The SMILES string of the molecule is COc1cccc(-c2nc(-c3cccc(C)n3)nc3sccc23)c1. The van der Waals surface area contributed by atoms with Crippen molar-refractivity contribution in [2.45, 2.75) is 6.92 Å². The molecule has 0 unspecified atom stereocenters. The molecule has 0 atom stereocenters. The molecule has 0 bridgehead atoms. The van der Waals surface area contributed by atoms with E-state index in [1.165, 1.54) is 0 Å². The van der Waals surface area contributed by atoms with Gasteiger partial charge in [-0.3, -0.25) is 0 Å². The number of nitrogens with zero attached hydrogens (tertiary/aromatic N) is 3. The van der Waals surface area contributed by atoms with Gasteiger partial charge >= 0.3 is 0 Å². The molecule has 4 rings (SSSR count). The molecule has 0 fully saturated rings. The first-order valence-corrected chi connectivity index (χ1v) is 8.46. The van der Waals surface area contributed by atoms with Crippen molar-refractivity contribution in [3.63, 3.8) is 0 Å². The van der Waals surface area contributed by atoms with Gasteiger partial charge in [-0.15, -0.1) is 11.3 Å². The number of aryl methyl sites for hydroxylation is 1. The summed E-state index contributed by atoms with van der Waals surface area (Å²) in [7, 11) is 1.67. The molecule has 5 heteroatoms. The maximum Gasteiger partial charge on any atom is 0.180 e. The average Bonchev–Trinajstić information content (AvgIpc) is 3.09. The van der Waals surface area contributed by atoms with E-state index in [-0.39, 0.29) is 0 Å². The summed E-state index contributed by atoms with van der Waals surface area (Å²) in [5.74, 6) is 1.45. The van der Waals surface area contributed by atoms with Crippen LogP contribution in [0.3, 0.4) is 0 Å². The zero-order valence-corrected chi connectivity index (χ0v) is 14.2. The molecule has 0 aliphatic rings. The van der Waals surface area contributed by atoms with Crippen LogP contribution >= 0.6 is 11.3 Å². The molecule has 0 aliphatic carbocycles. The largest absolute Gasteiger partial charge is 0.497 e. The molecule has 0 saturated heterocycles. The van der Waals surface area contributed by atoms with E-state index in [4.69, 9.17) is 9.72 Å². The van der Waals surface area contributed by atoms with E-state index in [2.05, 4.69) is 16.0 Å². The van der Waals surface area contributed by atoms with Gasteiger partial charge in [0.1, 0.15) is 16.3 Å². The first-order chi connectivity index (χ1) is 11.7. The van der Waals surface area contributed by atoms with Crippen LogP contribution in [0.5, 0.6) is 5.75 Å². The van der Waals surface area contributed by atoms with Gasteiger partial charge in [0.2, 0.25) is 0 Å². The Morgan fingerprint density at radius 3 is 2.67 bits per heavy atom. The summed E-state index contributed by atoms with van der Waals surface area (Å²) >= 11 is 1.61. The maximum absolute atomic E-state index is 5.35. The van der Waals surface area contributed by atoms with Crippen molar-refractivity contribution >= 4 is 21.6 Å². The number of benzene rings is 1. The third kappa shape index (κ3) is 2.63. The van der Waals surface area contributed by atoms with Crippen LogP contribution < -0.4 is 4.74 Å².